The fraction of sp³-hybridized carbons (Fsp3) is 0.308. The van der Waals surface area contributed by atoms with Crippen molar-refractivity contribution in [2.24, 2.45) is 5.41 Å². The number of cyclic esters (lactones) is 1. The minimum absolute atomic E-state index is 0.0143. The number of ether oxygens (including phenoxy) is 1. The zero-order valence-corrected chi connectivity index (χ0v) is 11.1. The van der Waals surface area contributed by atoms with Crippen LogP contribution < -0.4 is 0 Å². The molecule has 0 amide bonds. The smallest absolute Gasteiger partial charge is 0.344 e. The van der Waals surface area contributed by atoms with Crippen LogP contribution in [-0.2, 0) is 4.74 Å². The maximum absolute atomic E-state index is 11.6. The van der Waals surface area contributed by atoms with Crippen LogP contribution in [0.25, 0.3) is 5.76 Å². The van der Waals surface area contributed by atoms with Crippen LogP contribution in [0, 0.1) is 5.41 Å². The summed E-state index contributed by atoms with van der Waals surface area (Å²) in [4.78, 5) is 11.6. The molecule has 0 fully saturated rings. The van der Waals surface area contributed by atoms with Gasteiger partial charge < -0.3 is 4.74 Å². The molecule has 16 heavy (non-hydrogen) atoms. The Balaban J connectivity index is 2.54. The van der Waals surface area contributed by atoms with E-state index >= 15 is 0 Å². The Labute approximate surface area is 103 Å². The standard InChI is InChI=1S/C13H13BrO2/c1-13(2,3)7-11-10-6-8(14)4-5-9(10)12(15)16-11/h4-7H,1-3H3. The van der Waals surface area contributed by atoms with Crippen molar-refractivity contribution in [2.75, 3.05) is 0 Å². The van der Waals surface area contributed by atoms with Gasteiger partial charge in [0, 0.05) is 10.0 Å². The molecule has 1 aliphatic heterocycles. The third kappa shape index (κ3) is 2.19. The Morgan fingerprint density at radius 1 is 1.25 bits per heavy atom. The summed E-state index contributed by atoms with van der Waals surface area (Å²) < 4.78 is 6.21. The summed E-state index contributed by atoms with van der Waals surface area (Å²) in [6, 6.07) is 5.54. The lowest BCUT2D eigenvalue weighted by Gasteiger charge is -2.13. The van der Waals surface area contributed by atoms with Crippen LogP contribution in [0.1, 0.15) is 36.7 Å². The van der Waals surface area contributed by atoms with Gasteiger partial charge in [0.05, 0.1) is 5.56 Å². The third-order valence-electron chi connectivity index (χ3n) is 2.23. The van der Waals surface area contributed by atoms with E-state index in [9.17, 15) is 4.79 Å². The van der Waals surface area contributed by atoms with Gasteiger partial charge in [-0.3, -0.25) is 0 Å². The first kappa shape index (κ1) is 11.4. The molecule has 1 aromatic rings. The van der Waals surface area contributed by atoms with Crippen LogP contribution >= 0.6 is 15.9 Å². The molecule has 0 spiro atoms. The molecule has 84 valence electrons. The molecule has 0 aliphatic carbocycles. The van der Waals surface area contributed by atoms with Crippen molar-refractivity contribution in [2.45, 2.75) is 20.8 Å². The van der Waals surface area contributed by atoms with Gasteiger partial charge in [0.2, 0.25) is 0 Å². The molecule has 2 rings (SSSR count). The number of carbonyl (C=O) groups is 1. The largest absolute Gasteiger partial charge is 0.423 e. The van der Waals surface area contributed by atoms with Crippen LogP contribution in [-0.4, -0.2) is 5.97 Å². The molecule has 0 saturated carbocycles. The summed E-state index contributed by atoms with van der Waals surface area (Å²) in [6.45, 7) is 6.22. The monoisotopic (exact) mass is 280 g/mol. The lowest BCUT2D eigenvalue weighted by Crippen LogP contribution is -2.01. The van der Waals surface area contributed by atoms with Crippen molar-refractivity contribution >= 4 is 27.7 Å². The Hall–Kier alpha value is -1.09. The molecule has 1 aromatic carbocycles. The second kappa shape index (κ2) is 3.74. The minimum atomic E-state index is -0.266. The van der Waals surface area contributed by atoms with Gasteiger partial charge in [0.1, 0.15) is 5.76 Å². The number of allylic oxidation sites excluding steroid dienone is 1. The van der Waals surface area contributed by atoms with E-state index in [1.54, 1.807) is 6.07 Å². The number of rotatable bonds is 0. The molecule has 2 nitrogen and oxygen atoms in total. The first-order valence-electron chi connectivity index (χ1n) is 5.12. The Kier molecular flexibility index (Phi) is 2.66. The SMILES string of the molecule is CC(C)(C)C=C1OC(=O)c2ccc(Br)cc21. The maximum atomic E-state index is 11.6. The molecule has 0 bridgehead atoms. The topological polar surface area (TPSA) is 26.3 Å². The Morgan fingerprint density at radius 3 is 2.56 bits per heavy atom. The van der Waals surface area contributed by atoms with Crippen molar-refractivity contribution in [1.82, 2.24) is 0 Å². The first-order valence-corrected chi connectivity index (χ1v) is 5.91. The lowest BCUT2D eigenvalue weighted by atomic mass is 9.94. The molecule has 1 heterocycles. The summed E-state index contributed by atoms with van der Waals surface area (Å²) in [6.07, 6.45) is 1.98. The molecule has 0 atom stereocenters. The number of carbonyl (C=O) groups excluding carboxylic acids is 1. The van der Waals surface area contributed by atoms with E-state index in [2.05, 4.69) is 36.7 Å². The summed E-state index contributed by atoms with van der Waals surface area (Å²) in [7, 11) is 0. The van der Waals surface area contributed by atoms with Crippen molar-refractivity contribution in [3.05, 3.63) is 39.9 Å². The summed E-state index contributed by atoms with van der Waals surface area (Å²) in [5.41, 5.74) is 1.49. The highest BCUT2D eigenvalue weighted by molar-refractivity contribution is 9.10. The van der Waals surface area contributed by atoms with Gasteiger partial charge in [-0.1, -0.05) is 36.7 Å². The third-order valence-corrected chi connectivity index (χ3v) is 2.73. The van der Waals surface area contributed by atoms with Crippen molar-refractivity contribution in [3.63, 3.8) is 0 Å². The van der Waals surface area contributed by atoms with Crippen LogP contribution in [0.2, 0.25) is 0 Å². The van der Waals surface area contributed by atoms with Crippen LogP contribution in [0.15, 0.2) is 28.7 Å². The Bertz CT molecular complexity index is 481. The molecule has 0 saturated heterocycles. The van der Waals surface area contributed by atoms with Gasteiger partial charge in [0.25, 0.3) is 0 Å². The highest BCUT2D eigenvalue weighted by Crippen LogP contribution is 2.34. The highest BCUT2D eigenvalue weighted by Gasteiger charge is 2.27. The number of fused-ring (bicyclic) bond motifs is 1. The highest BCUT2D eigenvalue weighted by atomic mass is 79.9. The lowest BCUT2D eigenvalue weighted by molar-refractivity contribution is 0.0714. The van der Waals surface area contributed by atoms with E-state index in [4.69, 9.17) is 4.74 Å². The van der Waals surface area contributed by atoms with Crippen LogP contribution in [0.5, 0.6) is 0 Å². The summed E-state index contributed by atoms with van der Waals surface area (Å²) >= 11 is 3.40. The average Bonchev–Trinajstić information content (AvgIpc) is 2.40. The zero-order chi connectivity index (χ0) is 11.9. The molecule has 0 unspecified atom stereocenters. The zero-order valence-electron chi connectivity index (χ0n) is 9.50. The second-order valence-corrected chi connectivity index (χ2v) is 5.87. The molecule has 0 radical (unpaired) electrons. The number of halogens is 1. The molecule has 0 N–H and O–H groups in total. The van der Waals surface area contributed by atoms with Crippen molar-refractivity contribution in [3.8, 4) is 0 Å². The Morgan fingerprint density at radius 2 is 1.94 bits per heavy atom. The van der Waals surface area contributed by atoms with E-state index in [1.807, 2.05) is 18.2 Å². The normalized spacial score (nSPS) is 17.5. The van der Waals surface area contributed by atoms with Gasteiger partial charge in [0.15, 0.2) is 0 Å². The van der Waals surface area contributed by atoms with Gasteiger partial charge in [-0.15, -0.1) is 0 Å². The molecular weight excluding hydrogens is 268 g/mol. The van der Waals surface area contributed by atoms with Gasteiger partial charge >= 0.3 is 5.97 Å². The van der Waals surface area contributed by atoms with E-state index in [1.165, 1.54) is 0 Å². The fourth-order valence-corrected chi connectivity index (χ4v) is 1.97. The molecule has 1 aliphatic rings. The quantitative estimate of drug-likeness (QED) is 0.672. The van der Waals surface area contributed by atoms with Crippen molar-refractivity contribution in [1.29, 1.82) is 0 Å². The maximum Gasteiger partial charge on any atom is 0.344 e. The summed E-state index contributed by atoms with van der Waals surface area (Å²) in [5, 5.41) is 0. The molecule has 0 aromatic heterocycles. The fourth-order valence-electron chi connectivity index (χ4n) is 1.61. The predicted octanol–water partition coefficient (Wildman–Crippen LogP) is 4.01. The van der Waals surface area contributed by atoms with Gasteiger partial charge in [-0.05, 0) is 29.7 Å². The van der Waals surface area contributed by atoms with E-state index in [-0.39, 0.29) is 11.4 Å². The average molecular weight is 281 g/mol. The number of hydrogen-bond acceptors (Lipinski definition) is 2. The van der Waals surface area contributed by atoms with Crippen LogP contribution in [0.3, 0.4) is 0 Å². The van der Waals surface area contributed by atoms with E-state index in [0.29, 0.717) is 11.3 Å². The molecule has 3 heteroatoms. The van der Waals surface area contributed by atoms with Gasteiger partial charge in [-0.2, -0.15) is 0 Å². The first-order chi connectivity index (χ1) is 7.37. The van der Waals surface area contributed by atoms with Gasteiger partial charge in [-0.25, -0.2) is 4.79 Å². The van der Waals surface area contributed by atoms with E-state index < -0.39 is 0 Å². The predicted molar refractivity (Wildman–Crippen MR) is 67.0 cm³/mol. The van der Waals surface area contributed by atoms with E-state index in [0.717, 1.165) is 10.0 Å². The number of hydrogen-bond donors (Lipinski definition) is 0. The minimum Gasteiger partial charge on any atom is -0.423 e. The second-order valence-electron chi connectivity index (χ2n) is 4.95. The van der Waals surface area contributed by atoms with Crippen LogP contribution in [0.4, 0.5) is 0 Å². The number of esters is 1. The van der Waals surface area contributed by atoms with Crippen molar-refractivity contribution < 1.29 is 9.53 Å². The molecular formula is C13H13BrO2. The summed E-state index contributed by atoms with van der Waals surface area (Å²) in [5.74, 6) is 0.395. The number of benzene rings is 1.